The quantitative estimate of drug-likeness (QED) is 0.316. The molecule has 1 aliphatic heterocycles. The second-order valence-corrected chi connectivity index (χ2v) is 9.54. The van der Waals surface area contributed by atoms with Crippen molar-refractivity contribution in [3.8, 4) is 11.4 Å². The lowest BCUT2D eigenvalue weighted by atomic mass is 9.90. The SMILES string of the molecule is CC(=O)NCCNc1nc(-c2ccccc2)nc2[nH]c(C(=O)N3CCC(Cc4ccccc4)CC3)cc12. The molecule has 0 atom stereocenters. The van der Waals surface area contributed by atoms with E-state index in [1.807, 2.05) is 47.4 Å². The van der Waals surface area contributed by atoms with Crippen molar-refractivity contribution in [3.63, 3.8) is 0 Å². The van der Waals surface area contributed by atoms with Crippen molar-refractivity contribution in [2.75, 3.05) is 31.5 Å². The van der Waals surface area contributed by atoms with Gasteiger partial charge in [-0.3, -0.25) is 9.59 Å². The van der Waals surface area contributed by atoms with E-state index in [1.165, 1.54) is 12.5 Å². The molecule has 0 radical (unpaired) electrons. The van der Waals surface area contributed by atoms with Gasteiger partial charge < -0.3 is 20.5 Å². The van der Waals surface area contributed by atoms with Crippen LogP contribution in [0.4, 0.5) is 5.82 Å². The van der Waals surface area contributed by atoms with Gasteiger partial charge in [-0.2, -0.15) is 0 Å². The van der Waals surface area contributed by atoms with Crippen LogP contribution < -0.4 is 10.6 Å². The van der Waals surface area contributed by atoms with Crippen molar-refractivity contribution in [2.45, 2.75) is 26.2 Å². The van der Waals surface area contributed by atoms with Crippen molar-refractivity contribution in [2.24, 2.45) is 5.92 Å². The third-order valence-corrected chi connectivity index (χ3v) is 6.81. The molecule has 4 aromatic rings. The summed E-state index contributed by atoms with van der Waals surface area (Å²) in [5.74, 6) is 1.69. The number of fused-ring (bicyclic) bond motifs is 1. The number of benzene rings is 2. The summed E-state index contributed by atoms with van der Waals surface area (Å²) in [5.41, 5.74) is 3.37. The molecule has 2 amide bonds. The van der Waals surface area contributed by atoms with E-state index in [2.05, 4.69) is 39.9 Å². The lowest BCUT2D eigenvalue weighted by molar-refractivity contribution is -0.118. The van der Waals surface area contributed by atoms with Gasteiger partial charge in [-0.15, -0.1) is 0 Å². The van der Waals surface area contributed by atoms with Crippen LogP contribution in [0.5, 0.6) is 0 Å². The maximum atomic E-state index is 13.4. The first-order valence-corrected chi connectivity index (χ1v) is 12.8. The Hall–Kier alpha value is -4.20. The summed E-state index contributed by atoms with van der Waals surface area (Å²) in [7, 11) is 0. The molecule has 0 spiro atoms. The second kappa shape index (κ2) is 11.2. The summed E-state index contributed by atoms with van der Waals surface area (Å²) in [4.78, 5) is 39.3. The first-order chi connectivity index (χ1) is 18.1. The zero-order valence-electron chi connectivity index (χ0n) is 21.0. The van der Waals surface area contributed by atoms with E-state index in [-0.39, 0.29) is 11.8 Å². The van der Waals surface area contributed by atoms with Crippen LogP contribution in [0.15, 0.2) is 66.7 Å². The van der Waals surface area contributed by atoms with Gasteiger partial charge in [0.2, 0.25) is 5.91 Å². The maximum absolute atomic E-state index is 13.4. The maximum Gasteiger partial charge on any atom is 0.270 e. The number of H-pyrrole nitrogens is 1. The zero-order chi connectivity index (χ0) is 25.6. The lowest BCUT2D eigenvalue weighted by Gasteiger charge is -2.31. The van der Waals surface area contributed by atoms with Gasteiger partial charge in [-0.25, -0.2) is 9.97 Å². The zero-order valence-corrected chi connectivity index (χ0v) is 21.0. The van der Waals surface area contributed by atoms with Crippen LogP contribution >= 0.6 is 0 Å². The Morgan fingerprint density at radius 2 is 1.68 bits per heavy atom. The Labute approximate surface area is 216 Å². The number of aromatic nitrogens is 3. The number of piperidine rings is 1. The average molecular weight is 497 g/mol. The van der Waals surface area contributed by atoms with E-state index in [0.717, 1.165) is 43.3 Å². The molecule has 2 aromatic heterocycles. The molecule has 190 valence electrons. The van der Waals surface area contributed by atoms with Crippen LogP contribution in [0.2, 0.25) is 0 Å². The number of carbonyl (C=O) groups excluding carboxylic acids is 2. The van der Waals surface area contributed by atoms with Gasteiger partial charge >= 0.3 is 0 Å². The highest BCUT2D eigenvalue weighted by molar-refractivity contribution is 6.00. The fourth-order valence-corrected chi connectivity index (χ4v) is 4.85. The molecule has 5 rings (SSSR count). The molecule has 37 heavy (non-hydrogen) atoms. The van der Waals surface area contributed by atoms with E-state index in [9.17, 15) is 9.59 Å². The van der Waals surface area contributed by atoms with Gasteiger partial charge in [0.1, 0.15) is 17.2 Å². The molecule has 2 aromatic carbocycles. The standard InChI is InChI=1S/C29H32N6O2/c1-20(36)30-14-15-31-27-24-19-25(32-28(24)34-26(33-27)23-10-6-3-7-11-23)29(37)35-16-12-22(13-17-35)18-21-8-4-2-5-9-21/h2-11,19,22H,12-18H2,1H3,(H,30,36)(H2,31,32,33,34). The fourth-order valence-electron chi connectivity index (χ4n) is 4.85. The monoisotopic (exact) mass is 496 g/mol. The van der Waals surface area contributed by atoms with Crippen LogP contribution in [0.1, 0.15) is 35.8 Å². The molecule has 8 nitrogen and oxygen atoms in total. The lowest BCUT2D eigenvalue weighted by Crippen LogP contribution is -2.39. The molecule has 3 N–H and O–H groups in total. The molecule has 1 fully saturated rings. The molecule has 0 unspecified atom stereocenters. The Morgan fingerprint density at radius 3 is 2.38 bits per heavy atom. The van der Waals surface area contributed by atoms with Crippen molar-refractivity contribution < 1.29 is 9.59 Å². The molecule has 0 saturated carbocycles. The van der Waals surface area contributed by atoms with Crippen LogP contribution in [-0.4, -0.2) is 57.8 Å². The minimum Gasteiger partial charge on any atom is -0.368 e. The van der Waals surface area contributed by atoms with Crippen molar-refractivity contribution in [3.05, 3.63) is 78.0 Å². The molecular formula is C29H32N6O2. The summed E-state index contributed by atoms with van der Waals surface area (Å²) in [6.45, 7) is 3.95. The highest BCUT2D eigenvalue weighted by Crippen LogP contribution is 2.27. The normalized spacial score (nSPS) is 14.0. The van der Waals surface area contributed by atoms with Crippen molar-refractivity contribution in [1.29, 1.82) is 0 Å². The van der Waals surface area contributed by atoms with Crippen molar-refractivity contribution >= 4 is 28.7 Å². The molecule has 3 heterocycles. The molecular weight excluding hydrogens is 464 g/mol. The molecule has 0 aliphatic carbocycles. The van der Waals surface area contributed by atoms with Crippen LogP contribution in [0, 0.1) is 5.92 Å². The predicted molar refractivity (Wildman–Crippen MR) is 145 cm³/mol. The summed E-state index contributed by atoms with van der Waals surface area (Å²) in [5, 5.41) is 6.84. The molecule has 1 saturated heterocycles. The molecule has 1 aliphatic rings. The molecule has 0 bridgehead atoms. The number of rotatable bonds is 8. The van der Waals surface area contributed by atoms with Gasteiger partial charge in [0.25, 0.3) is 5.91 Å². The number of anilines is 1. The number of hydrogen-bond acceptors (Lipinski definition) is 5. The Kier molecular flexibility index (Phi) is 7.44. The predicted octanol–water partition coefficient (Wildman–Crippen LogP) is 4.27. The van der Waals surface area contributed by atoms with E-state index in [0.29, 0.717) is 42.0 Å². The highest BCUT2D eigenvalue weighted by Gasteiger charge is 2.25. The number of carbonyl (C=O) groups is 2. The van der Waals surface area contributed by atoms with Crippen molar-refractivity contribution in [1.82, 2.24) is 25.2 Å². The molecule has 8 heteroatoms. The summed E-state index contributed by atoms with van der Waals surface area (Å²) in [6, 6.07) is 22.1. The minimum atomic E-state index is -0.0818. The number of hydrogen-bond donors (Lipinski definition) is 3. The van der Waals surface area contributed by atoms with Gasteiger partial charge in [0, 0.05) is 38.7 Å². The van der Waals surface area contributed by atoms with Gasteiger partial charge in [0.05, 0.1) is 5.39 Å². The number of nitrogens with one attached hydrogen (secondary N) is 3. The van der Waals surface area contributed by atoms with Crippen LogP contribution in [0.25, 0.3) is 22.4 Å². The third-order valence-electron chi connectivity index (χ3n) is 6.81. The Balaban J connectivity index is 1.33. The smallest absolute Gasteiger partial charge is 0.270 e. The van der Waals surface area contributed by atoms with E-state index >= 15 is 0 Å². The first-order valence-electron chi connectivity index (χ1n) is 12.8. The van der Waals surface area contributed by atoms with Crippen LogP contribution in [-0.2, 0) is 11.2 Å². The number of aromatic amines is 1. The summed E-state index contributed by atoms with van der Waals surface area (Å²) in [6.07, 6.45) is 3.05. The Morgan fingerprint density at radius 1 is 0.973 bits per heavy atom. The van der Waals surface area contributed by atoms with Gasteiger partial charge in [-0.05, 0) is 36.8 Å². The summed E-state index contributed by atoms with van der Waals surface area (Å²) >= 11 is 0. The third kappa shape index (κ3) is 5.97. The largest absolute Gasteiger partial charge is 0.368 e. The Bertz CT molecular complexity index is 1360. The van der Waals surface area contributed by atoms with E-state index < -0.39 is 0 Å². The van der Waals surface area contributed by atoms with E-state index in [4.69, 9.17) is 9.97 Å². The number of nitrogens with zero attached hydrogens (tertiary/aromatic N) is 3. The minimum absolute atomic E-state index is 0.0124. The average Bonchev–Trinajstić information content (AvgIpc) is 3.36. The second-order valence-electron chi connectivity index (χ2n) is 9.54. The summed E-state index contributed by atoms with van der Waals surface area (Å²) < 4.78 is 0. The highest BCUT2D eigenvalue weighted by atomic mass is 16.2. The van der Waals surface area contributed by atoms with E-state index in [1.54, 1.807) is 0 Å². The first kappa shape index (κ1) is 24.5. The number of likely N-dealkylation sites (tertiary alicyclic amines) is 1. The van der Waals surface area contributed by atoms with Gasteiger partial charge in [0.15, 0.2) is 5.82 Å². The topological polar surface area (TPSA) is 103 Å². The number of amides is 2. The fraction of sp³-hybridized carbons (Fsp3) is 0.310. The van der Waals surface area contributed by atoms with Crippen LogP contribution in [0.3, 0.4) is 0 Å². The van der Waals surface area contributed by atoms with Gasteiger partial charge in [-0.1, -0.05) is 60.7 Å².